The maximum atomic E-state index is 11.9. The van der Waals surface area contributed by atoms with Gasteiger partial charge in [-0.3, -0.25) is 4.79 Å². The van der Waals surface area contributed by atoms with E-state index in [4.69, 9.17) is 5.26 Å². The Labute approximate surface area is 99.9 Å². The smallest absolute Gasteiger partial charge is 0.251 e. The molecule has 88 valence electrons. The number of carbonyl (C=O) groups excluding carboxylic acids is 1. The van der Waals surface area contributed by atoms with E-state index in [-0.39, 0.29) is 17.6 Å². The lowest BCUT2D eigenvalue weighted by molar-refractivity contribution is 0.0930. The van der Waals surface area contributed by atoms with Gasteiger partial charge in [-0.2, -0.15) is 5.26 Å². The van der Waals surface area contributed by atoms with Crippen LogP contribution in [0.5, 0.6) is 0 Å². The van der Waals surface area contributed by atoms with Gasteiger partial charge in [0.1, 0.15) is 11.8 Å². The summed E-state index contributed by atoms with van der Waals surface area (Å²) in [5.74, 6) is -0.141. The molecule has 5 heteroatoms. The summed E-state index contributed by atoms with van der Waals surface area (Å²) in [6.07, 6.45) is 3.55. The molecule has 0 saturated carbocycles. The van der Waals surface area contributed by atoms with Crippen LogP contribution < -0.4 is 10.6 Å². The Hall–Kier alpha value is -1.93. The van der Waals surface area contributed by atoms with Crippen molar-refractivity contribution >= 4 is 5.91 Å². The maximum absolute atomic E-state index is 11.9. The highest BCUT2D eigenvalue weighted by atomic mass is 16.1. The van der Waals surface area contributed by atoms with Crippen molar-refractivity contribution in [1.82, 2.24) is 15.6 Å². The second-order valence-electron chi connectivity index (χ2n) is 4.06. The minimum absolute atomic E-state index is 0.141. The van der Waals surface area contributed by atoms with Gasteiger partial charge in [-0.15, -0.1) is 0 Å². The van der Waals surface area contributed by atoms with Crippen LogP contribution in [0.15, 0.2) is 18.3 Å². The monoisotopic (exact) mass is 230 g/mol. The lowest BCUT2D eigenvalue weighted by Gasteiger charge is -2.23. The van der Waals surface area contributed by atoms with Crippen LogP contribution in [0.3, 0.4) is 0 Å². The summed E-state index contributed by atoms with van der Waals surface area (Å²) in [5, 5.41) is 14.9. The first-order valence-electron chi connectivity index (χ1n) is 5.67. The summed E-state index contributed by atoms with van der Waals surface area (Å²) in [6, 6.07) is 5.22. The Bertz CT molecular complexity index is 446. The Morgan fingerprint density at radius 3 is 3.24 bits per heavy atom. The standard InChI is InChI=1S/C12H14N4O/c13-7-11-6-9(3-5-15-11)12(17)16-10-2-1-4-14-8-10/h3,5-6,10,14H,1-2,4,8H2,(H,16,17). The quantitative estimate of drug-likeness (QED) is 0.772. The van der Waals surface area contributed by atoms with E-state index < -0.39 is 0 Å². The first kappa shape index (κ1) is 11.6. The molecule has 2 heterocycles. The molecule has 1 aromatic heterocycles. The summed E-state index contributed by atoms with van der Waals surface area (Å²) in [5.41, 5.74) is 0.751. The minimum atomic E-state index is -0.141. The molecule has 1 aliphatic heterocycles. The van der Waals surface area contributed by atoms with Gasteiger partial charge in [-0.1, -0.05) is 0 Å². The van der Waals surface area contributed by atoms with E-state index in [1.54, 1.807) is 6.07 Å². The third-order valence-electron chi connectivity index (χ3n) is 2.77. The number of pyridine rings is 1. The number of hydrogen-bond acceptors (Lipinski definition) is 4. The number of aromatic nitrogens is 1. The molecule has 1 unspecified atom stereocenters. The molecule has 1 fully saturated rings. The predicted octanol–water partition coefficient (Wildman–Crippen LogP) is 0.435. The molecule has 1 aromatic rings. The molecule has 0 aliphatic carbocycles. The van der Waals surface area contributed by atoms with Crippen LogP contribution in [-0.4, -0.2) is 30.0 Å². The van der Waals surface area contributed by atoms with Gasteiger partial charge < -0.3 is 10.6 Å². The molecule has 2 rings (SSSR count). The molecule has 0 radical (unpaired) electrons. The van der Waals surface area contributed by atoms with Crippen molar-refractivity contribution in [3.05, 3.63) is 29.6 Å². The highest BCUT2D eigenvalue weighted by Crippen LogP contribution is 2.05. The van der Waals surface area contributed by atoms with Crippen LogP contribution in [0.4, 0.5) is 0 Å². The average molecular weight is 230 g/mol. The number of nitriles is 1. The van der Waals surface area contributed by atoms with E-state index in [0.717, 1.165) is 25.9 Å². The van der Waals surface area contributed by atoms with E-state index in [9.17, 15) is 4.79 Å². The van der Waals surface area contributed by atoms with Gasteiger partial charge >= 0.3 is 0 Å². The molecule has 1 aliphatic rings. The summed E-state index contributed by atoms with van der Waals surface area (Å²) in [6.45, 7) is 1.82. The highest BCUT2D eigenvalue weighted by molar-refractivity contribution is 5.94. The van der Waals surface area contributed by atoms with E-state index in [2.05, 4.69) is 15.6 Å². The molecule has 5 nitrogen and oxygen atoms in total. The molecular weight excluding hydrogens is 216 g/mol. The Balaban J connectivity index is 2.01. The average Bonchev–Trinajstić information content (AvgIpc) is 2.40. The highest BCUT2D eigenvalue weighted by Gasteiger charge is 2.16. The SMILES string of the molecule is N#Cc1cc(C(=O)NC2CCCNC2)ccn1. The summed E-state index contributed by atoms with van der Waals surface area (Å²) in [4.78, 5) is 15.7. The largest absolute Gasteiger partial charge is 0.348 e. The summed E-state index contributed by atoms with van der Waals surface area (Å²) in [7, 11) is 0. The minimum Gasteiger partial charge on any atom is -0.348 e. The number of hydrogen-bond donors (Lipinski definition) is 2. The van der Waals surface area contributed by atoms with Crippen molar-refractivity contribution < 1.29 is 4.79 Å². The van der Waals surface area contributed by atoms with Gasteiger partial charge in [0.25, 0.3) is 5.91 Å². The number of nitrogens with one attached hydrogen (secondary N) is 2. The fraction of sp³-hybridized carbons (Fsp3) is 0.417. The van der Waals surface area contributed by atoms with E-state index >= 15 is 0 Å². The van der Waals surface area contributed by atoms with Crippen molar-refractivity contribution in [2.24, 2.45) is 0 Å². The molecule has 0 aromatic carbocycles. The van der Waals surface area contributed by atoms with E-state index in [1.807, 2.05) is 6.07 Å². The number of amides is 1. The zero-order chi connectivity index (χ0) is 12.1. The Kier molecular flexibility index (Phi) is 3.68. The maximum Gasteiger partial charge on any atom is 0.251 e. The number of piperidine rings is 1. The number of carbonyl (C=O) groups is 1. The van der Waals surface area contributed by atoms with Gasteiger partial charge in [-0.25, -0.2) is 4.98 Å². The van der Waals surface area contributed by atoms with Crippen LogP contribution in [0.2, 0.25) is 0 Å². The Morgan fingerprint density at radius 1 is 1.65 bits per heavy atom. The lowest BCUT2D eigenvalue weighted by Crippen LogP contribution is -2.45. The molecule has 1 atom stereocenters. The second-order valence-corrected chi connectivity index (χ2v) is 4.06. The van der Waals surface area contributed by atoms with Gasteiger partial charge in [0, 0.05) is 24.3 Å². The van der Waals surface area contributed by atoms with E-state index in [0.29, 0.717) is 5.56 Å². The van der Waals surface area contributed by atoms with Crippen molar-refractivity contribution in [2.75, 3.05) is 13.1 Å². The number of rotatable bonds is 2. The summed E-state index contributed by atoms with van der Waals surface area (Å²) < 4.78 is 0. The van der Waals surface area contributed by atoms with Gasteiger partial charge in [-0.05, 0) is 31.5 Å². The van der Waals surface area contributed by atoms with Crippen LogP contribution in [0, 0.1) is 11.3 Å². The molecule has 17 heavy (non-hydrogen) atoms. The van der Waals surface area contributed by atoms with Crippen LogP contribution >= 0.6 is 0 Å². The normalized spacial score (nSPS) is 19.4. The van der Waals surface area contributed by atoms with Crippen molar-refractivity contribution in [3.63, 3.8) is 0 Å². The third-order valence-corrected chi connectivity index (χ3v) is 2.77. The third kappa shape index (κ3) is 3.02. The van der Waals surface area contributed by atoms with E-state index in [1.165, 1.54) is 12.3 Å². The van der Waals surface area contributed by atoms with Gasteiger partial charge in [0.05, 0.1) is 0 Å². The fourth-order valence-electron chi connectivity index (χ4n) is 1.88. The van der Waals surface area contributed by atoms with Crippen molar-refractivity contribution in [1.29, 1.82) is 5.26 Å². The zero-order valence-electron chi connectivity index (χ0n) is 9.44. The molecule has 0 spiro atoms. The van der Waals surface area contributed by atoms with Gasteiger partial charge in [0.2, 0.25) is 0 Å². The number of nitrogens with zero attached hydrogens (tertiary/aromatic N) is 2. The second kappa shape index (κ2) is 5.41. The summed E-state index contributed by atoms with van der Waals surface area (Å²) >= 11 is 0. The Morgan fingerprint density at radius 2 is 2.53 bits per heavy atom. The van der Waals surface area contributed by atoms with Crippen LogP contribution in [0.1, 0.15) is 28.9 Å². The first-order chi connectivity index (χ1) is 8.29. The van der Waals surface area contributed by atoms with Crippen LogP contribution in [0.25, 0.3) is 0 Å². The molecular formula is C12H14N4O. The topological polar surface area (TPSA) is 77.8 Å². The molecule has 1 saturated heterocycles. The molecule has 1 amide bonds. The van der Waals surface area contributed by atoms with Crippen molar-refractivity contribution in [3.8, 4) is 6.07 Å². The lowest BCUT2D eigenvalue weighted by atomic mass is 10.1. The van der Waals surface area contributed by atoms with Crippen LogP contribution in [-0.2, 0) is 0 Å². The molecule has 0 bridgehead atoms. The zero-order valence-corrected chi connectivity index (χ0v) is 9.44. The fourth-order valence-corrected chi connectivity index (χ4v) is 1.88. The first-order valence-corrected chi connectivity index (χ1v) is 5.67. The van der Waals surface area contributed by atoms with Crippen molar-refractivity contribution in [2.45, 2.75) is 18.9 Å². The predicted molar refractivity (Wildman–Crippen MR) is 62.3 cm³/mol. The molecule has 2 N–H and O–H groups in total. The van der Waals surface area contributed by atoms with Gasteiger partial charge in [0.15, 0.2) is 0 Å².